The number of aliphatic carboxylic acids is 1. The molecule has 0 spiro atoms. The molecule has 1 aliphatic rings. The molecular formula is C17H22FNO5. The van der Waals surface area contributed by atoms with Crippen LogP contribution in [-0.4, -0.2) is 43.3 Å². The van der Waals surface area contributed by atoms with Gasteiger partial charge in [0.25, 0.3) is 5.91 Å². The van der Waals surface area contributed by atoms with Crippen LogP contribution in [0.15, 0.2) is 18.2 Å². The highest BCUT2D eigenvalue weighted by molar-refractivity contribution is 5.94. The molecule has 1 aliphatic carbocycles. The predicted molar refractivity (Wildman–Crippen MR) is 84.2 cm³/mol. The number of hydrogen-bond acceptors (Lipinski definition) is 4. The molecule has 24 heavy (non-hydrogen) atoms. The Kier molecular flexibility index (Phi) is 6.69. The van der Waals surface area contributed by atoms with Gasteiger partial charge in [-0.2, -0.15) is 0 Å². The molecule has 0 radical (unpaired) electrons. The normalized spacial score (nSPS) is 20.1. The maximum atomic E-state index is 13.8. The third-order valence-corrected chi connectivity index (χ3v) is 4.11. The molecule has 2 atom stereocenters. The highest BCUT2D eigenvalue weighted by atomic mass is 19.1. The van der Waals surface area contributed by atoms with Crippen LogP contribution in [-0.2, 0) is 20.9 Å². The Morgan fingerprint density at radius 3 is 2.79 bits per heavy atom. The molecule has 2 N–H and O–H groups in total. The topological polar surface area (TPSA) is 84.9 Å². The molecule has 2 rings (SSSR count). The van der Waals surface area contributed by atoms with Gasteiger partial charge >= 0.3 is 5.97 Å². The molecule has 0 bridgehead atoms. The Bertz CT molecular complexity index is 592. The summed E-state index contributed by atoms with van der Waals surface area (Å²) in [6, 6.07) is 3.94. The van der Waals surface area contributed by atoms with Gasteiger partial charge in [-0.15, -0.1) is 0 Å². The quantitative estimate of drug-likeness (QED) is 0.708. The zero-order valence-electron chi connectivity index (χ0n) is 13.6. The van der Waals surface area contributed by atoms with Gasteiger partial charge in [-0.05, 0) is 37.5 Å². The van der Waals surface area contributed by atoms with Gasteiger partial charge in [0.05, 0.1) is 25.7 Å². The van der Waals surface area contributed by atoms with Gasteiger partial charge < -0.3 is 19.9 Å². The fourth-order valence-electron chi connectivity index (χ4n) is 2.76. The summed E-state index contributed by atoms with van der Waals surface area (Å²) in [7, 11) is 1.55. The van der Waals surface area contributed by atoms with Crippen molar-refractivity contribution in [3.63, 3.8) is 0 Å². The third kappa shape index (κ3) is 5.01. The zero-order chi connectivity index (χ0) is 17.5. The number of hydrogen-bond donors (Lipinski definition) is 2. The van der Waals surface area contributed by atoms with E-state index in [9.17, 15) is 14.0 Å². The standard InChI is InChI=1S/C17H22FNO5/c1-23-6-7-24-10-13-8-11(3-5-15(13)18)16(20)19-14-4-2-12(9-14)17(21)22/h3,5,8,12,14H,2,4,6-7,9-10H2,1H3,(H,19,20)(H,21,22)/t12-,14+/m1/s1. The fourth-order valence-corrected chi connectivity index (χ4v) is 2.76. The van der Waals surface area contributed by atoms with Gasteiger partial charge in [-0.1, -0.05) is 0 Å². The van der Waals surface area contributed by atoms with E-state index in [4.69, 9.17) is 14.6 Å². The van der Waals surface area contributed by atoms with Crippen LogP contribution in [0.25, 0.3) is 0 Å². The van der Waals surface area contributed by atoms with Crippen LogP contribution in [0.3, 0.4) is 0 Å². The molecule has 132 valence electrons. The number of methoxy groups -OCH3 is 1. The van der Waals surface area contributed by atoms with Crippen LogP contribution >= 0.6 is 0 Å². The SMILES string of the molecule is COCCOCc1cc(C(=O)N[C@H]2CC[C@@H](C(=O)O)C2)ccc1F. The molecule has 0 saturated heterocycles. The lowest BCUT2D eigenvalue weighted by molar-refractivity contribution is -0.141. The summed E-state index contributed by atoms with van der Waals surface area (Å²) in [6.45, 7) is 0.806. The van der Waals surface area contributed by atoms with Crippen LogP contribution in [0.2, 0.25) is 0 Å². The monoisotopic (exact) mass is 339 g/mol. The fraction of sp³-hybridized carbons (Fsp3) is 0.529. The van der Waals surface area contributed by atoms with Crippen molar-refractivity contribution in [2.45, 2.75) is 31.9 Å². The second kappa shape index (κ2) is 8.75. The summed E-state index contributed by atoms with van der Waals surface area (Å²) < 4.78 is 23.9. The minimum Gasteiger partial charge on any atom is -0.481 e. The molecule has 1 amide bonds. The molecule has 1 fully saturated rings. The van der Waals surface area contributed by atoms with Crippen molar-refractivity contribution in [1.29, 1.82) is 0 Å². The molecule has 0 heterocycles. The maximum Gasteiger partial charge on any atom is 0.306 e. The molecule has 1 aromatic rings. The predicted octanol–water partition coefficient (Wildman–Crippen LogP) is 1.97. The van der Waals surface area contributed by atoms with Crippen LogP contribution < -0.4 is 5.32 Å². The second-order valence-electron chi connectivity index (χ2n) is 5.87. The van der Waals surface area contributed by atoms with E-state index < -0.39 is 17.7 Å². The van der Waals surface area contributed by atoms with Crippen molar-refractivity contribution in [2.75, 3.05) is 20.3 Å². The van der Waals surface area contributed by atoms with Gasteiger partial charge in [0.2, 0.25) is 0 Å². The Morgan fingerprint density at radius 2 is 2.12 bits per heavy atom. The average molecular weight is 339 g/mol. The van der Waals surface area contributed by atoms with E-state index in [2.05, 4.69) is 5.32 Å². The van der Waals surface area contributed by atoms with Gasteiger partial charge in [0.15, 0.2) is 0 Å². The summed E-state index contributed by atoms with van der Waals surface area (Å²) in [5.41, 5.74) is 0.633. The molecule has 6 nitrogen and oxygen atoms in total. The van der Waals surface area contributed by atoms with E-state index in [0.717, 1.165) is 0 Å². The summed E-state index contributed by atoms with van der Waals surface area (Å²) in [4.78, 5) is 23.2. The summed E-state index contributed by atoms with van der Waals surface area (Å²) in [6.07, 6.45) is 1.62. The number of carboxylic acids is 1. The molecule has 1 saturated carbocycles. The number of halogens is 1. The van der Waals surface area contributed by atoms with Gasteiger partial charge in [0, 0.05) is 24.3 Å². The Hall–Kier alpha value is -1.99. The molecule has 1 aromatic carbocycles. The van der Waals surface area contributed by atoms with E-state index in [1.54, 1.807) is 7.11 Å². The molecule has 7 heteroatoms. The second-order valence-corrected chi connectivity index (χ2v) is 5.87. The number of amides is 1. The highest BCUT2D eigenvalue weighted by Gasteiger charge is 2.30. The van der Waals surface area contributed by atoms with E-state index >= 15 is 0 Å². The highest BCUT2D eigenvalue weighted by Crippen LogP contribution is 2.26. The number of carbonyl (C=O) groups excluding carboxylic acids is 1. The third-order valence-electron chi connectivity index (χ3n) is 4.11. The first-order valence-electron chi connectivity index (χ1n) is 7.90. The number of nitrogens with one attached hydrogen (secondary N) is 1. The van der Waals surface area contributed by atoms with Crippen LogP contribution in [0.5, 0.6) is 0 Å². The van der Waals surface area contributed by atoms with Crippen LogP contribution in [0, 0.1) is 11.7 Å². The van der Waals surface area contributed by atoms with Crippen molar-refractivity contribution >= 4 is 11.9 Å². The van der Waals surface area contributed by atoms with Gasteiger partial charge in [-0.25, -0.2) is 4.39 Å². The lowest BCUT2D eigenvalue weighted by Gasteiger charge is -2.13. The van der Waals surface area contributed by atoms with E-state index in [1.807, 2.05) is 0 Å². The van der Waals surface area contributed by atoms with Crippen molar-refractivity contribution in [2.24, 2.45) is 5.92 Å². The van der Waals surface area contributed by atoms with Crippen LogP contribution in [0.4, 0.5) is 4.39 Å². The lowest BCUT2D eigenvalue weighted by Crippen LogP contribution is -2.33. The maximum absolute atomic E-state index is 13.8. The van der Waals surface area contributed by atoms with Crippen molar-refractivity contribution in [1.82, 2.24) is 5.32 Å². The molecule has 0 aliphatic heterocycles. The van der Waals surface area contributed by atoms with Gasteiger partial charge in [-0.3, -0.25) is 9.59 Å². The van der Waals surface area contributed by atoms with E-state index in [1.165, 1.54) is 18.2 Å². The minimum absolute atomic E-state index is 0.0564. The first kappa shape index (κ1) is 18.4. The molecular weight excluding hydrogens is 317 g/mol. The van der Waals surface area contributed by atoms with E-state index in [-0.39, 0.29) is 18.6 Å². The minimum atomic E-state index is -0.830. The largest absolute Gasteiger partial charge is 0.481 e. The first-order valence-corrected chi connectivity index (χ1v) is 7.90. The number of ether oxygens (including phenoxy) is 2. The lowest BCUT2D eigenvalue weighted by atomic mass is 10.1. The van der Waals surface area contributed by atoms with Crippen LogP contribution in [0.1, 0.15) is 35.2 Å². The summed E-state index contributed by atoms with van der Waals surface area (Å²) >= 11 is 0. The van der Waals surface area contributed by atoms with Crippen molar-refractivity contribution in [3.8, 4) is 0 Å². The van der Waals surface area contributed by atoms with Crippen molar-refractivity contribution < 1.29 is 28.6 Å². The number of carbonyl (C=O) groups is 2. The Morgan fingerprint density at radius 1 is 1.33 bits per heavy atom. The number of rotatable bonds is 8. The van der Waals surface area contributed by atoms with E-state index in [0.29, 0.717) is 43.6 Å². The molecule has 0 aromatic heterocycles. The molecule has 0 unspecified atom stereocenters. The Balaban J connectivity index is 1.93. The number of carboxylic acid groups (broad SMARTS) is 1. The van der Waals surface area contributed by atoms with Gasteiger partial charge in [0.1, 0.15) is 5.82 Å². The zero-order valence-corrected chi connectivity index (χ0v) is 13.6. The van der Waals surface area contributed by atoms with Crippen molar-refractivity contribution in [3.05, 3.63) is 35.1 Å². The Labute approximate surface area is 139 Å². The summed E-state index contributed by atoms with van der Waals surface area (Å²) in [5, 5.41) is 11.8. The number of benzene rings is 1. The first-order chi connectivity index (χ1) is 11.5. The smallest absolute Gasteiger partial charge is 0.306 e. The average Bonchev–Trinajstić information content (AvgIpc) is 3.02. The summed E-state index contributed by atoms with van der Waals surface area (Å²) in [5.74, 6) is -2.00.